The van der Waals surface area contributed by atoms with Gasteiger partial charge >= 0.3 is 36.1 Å². The van der Waals surface area contributed by atoms with Crippen LogP contribution in [0.3, 0.4) is 0 Å². The van der Waals surface area contributed by atoms with Gasteiger partial charge in [0.25, 0.3) is 0 Å². The van der Waals surface area contributed by atoms with Gasteiger partial charge in [-0.2, -0.15) is 62.9 Å². The summed E-state index contributed by atoms with van der Waals surface area (Å²) in [5.41, 5.74) is -7.20. The molecule has 2 fully saturated rings. The molecule has 0 amide bonds. The van der Waals surface area contributed by atoms with E-state index in [1.807, 2.05) is 74.5 Å². The van der Waals surface area contributed by atoms with E-state index in [1.54, 1.807) is 4.57 Å². The minimum atomic E-state index is -4.94. The molecule has 4 atom stereocenters. The topological polar surface area (TPSA) is 132 Å². The molecule has 74 heavy (non-hydrogen) atoms. The summed E-state index contributed by atoms with van der Waals surface area (Å²) in [5.74, 6) is 0. The van der Waals surface area contributed by atoms with Crippen LogP contribution >= 0.6 is 0 Å². The number of nitrogens with zero attached hydrogens (tertiary/aromatic N) is 4. The molecule has 11 nitrogen and oxygen atoms in total. The first kappa shape index (κ1) is 55.5. The van der Waals surface area contributed by atoms with Crippen LogP contribution in [-0.2, 0) is 56.2 Å². The molecule has 8 rings (SSSR count). The SMILES string of the molecule is C[C@@H](OCC1(c2ccccc2)CCC(C)(n2cn[nH]c2=O)CC1)c1cc(C(F)(F)F)cc(C(F)(F)F)c1.C[C@@H](OC[C@@]1(c2ccccc2)CC[C@](C)(n2cn[nH]c2=O)CN1)c1cc(C(F)(F)F)cc(C(F)(F)F)c1. The fraction of sp³-hybridized carbons (Fsp3) is 0.451. The number of ether oxygens (including phenoxy) is 2. The third-order valence-electron chi connectivity index (χ3n) is 14.5. The molecule has 4 aromatic carbocycles. The maximum Gasteiger partial charge on any atom is 0.416 e. The second-order valence-electron chi connectivity index (χ2n) is 19.6. The zero-order chi connectivity index (χ0) is 54.1. The second-order valence-corrected chi connectivity index (χ2v) is 19.6. The zero-order valence-corrected chi connectivity index (χ0v) is 40.4. The molecule has 1 aliphatic carbocycles. The van der Waals surface area contributed by atoms with Crippen LogP contribution in [0.25, 0.3) is 0 Å². The molecule has 3 heterocycles. The summed E-state index contributed by atoms with van der Waals surface area (Å²) in [6, 6.07) is 21.7. The van der Waals surface area contributed by atoms with Crippen molar-refractivity contribution in [2.45, 2.75) is 125 Å². The Morgan fingerprint density at radius 1 is 0.527 bits per heavy atom. The minimum Gasteiger partial charge on any atom is -0.373 e. The van der Waals surface area contributed by atoms with Crippen LogP contribution in [0.4, 0.5) is 52.7 Å². The Balaban J connectivity index is 0.000000216. The van der Waals surface area contributed by atoms with Gasteiger partial charge in [-0.3, -0.25) is 9.13 Å². The number of rotatable bonds is 12. The average Bonchev–Trinajstić information content (AvgIpc) is 4.01. The summed E-state index contributed by atoms with van der Waals surface area (Å²) in [7, 11) is 0. The van der Waals surface area contributed by atoms with Crippen LogP contribution in [0.15, 0.2) is 119 Å². The van der Waals surface area contributed by atoms with Crippen LogP contribution in [0.5, 0.6) is 0 Å². The molecule has 2 aromatic heterocycles. The van der Waals surface area contributed by atoms with Gasteiger partial charge in [0.1, 0.15) is 12.7 Å². The highest BCUT2D eigenvalue weighted by atomic mass is 19.4. The number of benzene rings is 4. The first-order chi connectivity index (χ1) is 34.5. The van der Waals surface area contributed by atoms with Crippen LogP contribution in [0.2, 0.25) is 0 Å². The molecule has 3 N–H and O–H groups in total. The van der Waals surface area contributed by atoms with Crippen molar-refractivity contribution in [3.63, 3.8) is 0 Å². The molecule has 1 saturated heterocycles. The molecular formula is C51H53F12N7O4. The highest BCUT2D eigenvalue weighted by Crippen LogP contribution is 2.47. The van der Waals surface area contributed by atoms with Crippen molar-refractivity contribution in [2.75, 3.05) is 19.8 Å². The number of halogens is 12. The van der Waals surface area contributed by atoms with Gasteiger partial charge in [-0.1, -0.05) is 60.7 Å². The molecule has 0 bridgehead atoms. The van der Waals surface area contributed by atoms with E-state index in [-0.39, 0.29) is 47.9 Å². The van der Waals surface area contributed by atoms with Gasteiger partial charge < -0.3 is 14.8 Å². The van der Waals surface area contributed by atoms with Crippen molar-refractivity contribution < 1.29 is 62.2 Å². The van der Waals surface area contributed by atoms with E-state index in [4.69, 9.17) is 9.47 Å². The summed E-state index contributed by atoms with van der Waals surface area (Å²) in [6.45, 7) is 7.15. The Morgan fingerprint density at radius 3 is 1.27 bits per heavy atom. The van der Waals surface area contributed by atoms with Gasteiger partial charge in [0.05, 0.1) is 58.8 Å². The van der Waals surface area contributed by atoms with Crippen molar-refractivity contribution in [1.82, 2.24) is 34.8 Å². The highest BCUT2D eigenvalue weighted by molar-refractivity contribution is 5.36. The molecule has 0 radical (unpaired) electrons. The largest absolute Gasteiger partial charge is 0.416 e. The van der Waals surface area contributed by atoms with Gasteiger partial charge in [-0.25, -0.2) is 19.8 Å². The van der Waals surface area contributed by atoms with Crippen molar-refractivity contribution in [2.24, 2.45) is 0 Å². The lowest BCUT2D eigenvalue weighted by Gasteiger charge is -2.46. The van der Waals surface area contributed by atoms with Crippen LogP contribution in [-0.4, -0.2) is 49.3 Å². The third kappa shape index (κ3) is 12.3. The molecule has 400 valence electrons. The Kier molecular flexibility index (Phi) is 15.6. The van der Waals surface area contributed by atoms with E-state index in [0.717, 1.165) is 11.1 Å². The number of hydrogen-bond donors (Lipinski definition) is 3. The molecule has 2 aliphatic rings. The highest BCUT2D eigenvalue weighted by Gasteiger charge is 2.46. The van der Waals surface area contributed by atoms with Crippen molar-refractivity contribution in [1.29, 1.82) is 0 Å². The van der Waals surface area contributed by atoms with Gasteiger partial charge in [-0.05, 0) is 125 Å². The predicted molar refractivity (Wildman–Crippen MR) is 247 cm³/mol. The Hall–Kier alpha value is -6.20. The number of piperidine rings is 1. The summed E-state index contributed by atoms with van der Waals surface area (Å²) in [5, 5.41) is 15.8. The zero-order valence-electron chi connectivity index (χ0n) is 40.4. The smallest absolute Gasteiger partial charge is 0.373 e. The number of aromatic nitrogens is 6. The van der Waals surface area contributed by atoms with Crippen molar-refractivity contribution >= 4 is 0 Å². The van der Waals surface area contributed by atoms with Crippen molar-refractivity contribution in [3.8, 4) is 0 Å². The molecule has 1 aliphatic heterocycles. The van der Waals surface area contributed by atoms with E-state index in [0.29, 0.717) is 69.3 Å². The first-order valence-corrected chi connectivity index (χ1v) is 23.4. The van der Waals surface area contributed by atoms with Crippen LogP contribution in [0.1, 0.15) is 123 Å². The second kappa shape index (κ2) is 20.8. The predicted octanol–water partition coefficient (Wildman–Crippen LogP) is 12.0. The minimum absolute atomic E-state index is 0.0217. The molecule has 6 aromatic rings. The standard InChI is InChI=1S/C26H27F6N3O2.C25H26F6N4O2/c1-17(18-12-20(25(27,28)29)14-21(13-18)26(30,31)32)37-15-24(19-6-4-3-5-7-19)10-8-23(2,9-11-24)35-16-33-34-22(35)36;1-16(17-10-19(24(26,27)28)12-20(11-17)25(29,30)31)37-14-23(18-6-4-3-5-7-18)9-8-22(2,13-32-23)35-15-33-34-21(35)36/h3-7,12-14,16-17H,8-11,15H2,1-2H3,(H,34,36);3-7,10-12,15-16,32H,8-9,13-14H2,1-2H3,(H,34,36)/t17-,23?,24?;16-,22+,23-/m11/s1. The van der Waals surface area contributed by atoms with Crippen LogP contribution < -0.4 is 16.7 Å². The summed E-state index contributed by atoms with van der Waals surface area (Å²) >= 11 is 0. The van der Waals surface area contributed by atoms with E-state index < -0.39 is 81.2 Å². The van der Waals surface area contributed by atoms with Gasteiger partial charge in [-0.15, -0.1) is 0 Å². The monoisotopic (exact) mass is 1060 g/mol. The summed E-state index contributed by atoms with van der Waals surface area (Å²) < 4.78 is 175. The number of H-pyrrole nitrogens is 2. The number of aromatic amines is 2. The Labute approximate surface area is 416 Å². The molecule has 1 saturated carbocycles. The lowest BCUT2D eigenvalue weighted by Crippen LogP contribution is -2.59. The van der Waals surface area contributed by atoms with Gasteiger partial charge in [0.2, 0.25) is 0 Å². The number of nitrogens with one attached hydrogen (secondary N) is 3. The average molecular weight is 1060 g/mol. The van der Waals surface area contributed by atoms with Crippen LogP contribution in [0, 0.1) is 0 Å². The maximum atomic E-state index is 13.3. The molecule has 0 unspecified atom stereocenters. The van der Waals surface area contributed by atoms with E-state index >= 15 is 0 Å². The Bertz CT molecular complexity index is 2680. The number of hydrogen-bond acceptors (Lipinski definition) is 7. The van der Waals surface area contributed by atoms with Crippen molar-refractivity contribution in [3.05, 3.63) is 175 Å². The fourth-order valence-electron chi connectivity index (χ4n) is 9.69. The normalized spacial score (nSPS) is 23.7. The van der Waals surface area contributed by atoms with E-state index in [9.17, 15) is 62.3 Å². The first-order valence-electron chi connectivity index (χ1n) is 23.4. The maximum absolute atomic E-state index is 13.3. The quantitative estimate of drug-likeness (QED) is 0.104. The summed E-state index contributed by atoms with van der Waals surface area (Å²) in [4.78, 5) is 24.3. The summed E-state index contributed by atoms with van der Waals surface area (Å²) in [6.07, 6.45) is -15.5. The van der Waals surface area contributed by atoms with E-state index in [1.165, 1.54) is 31.1 Å². The Morgan fingerprint density at radius 2 is 0.905 bits per heavy atom. The molecule has 0 spiro atoms. The lowest BCUT2D eigenvalue weighted by molar-refractivity contribution is -0.145. The van der Waals surface area contributed by atoms with Gasteiger partial charge in [0.15, 0.2) is 0 Å². The molecular weight excluding hydrogens is 1000 g/mol. The van der Waals surface area contributed by atoms with Gasteiger partial charge in [0, 0.05) is 17.5 Å². The van der Waals surface area contributed by atoms with E-state index in [2.05, 4.69) is 25.7 Å². The third-order valence-corrected chi connectivity index (χ3v) is 14.5. The lowest BCUT2D eigenvalue weighted by atomic mass is 9.65. The fourth-order valence-corrected chi connectivity index (χ4v) is 9.69. The number of alkyl halides is 12. The molecule has 23 heteroatoms.